The van der Waals surface area contributed by atoms with Gasteiger partial charge in [-0.1, -0.05) is 33.6 Å². The van der Waals surface area contributed by atoms with Crippen molar-refractivity contribution < 1.29 is 14.1 Å². The highest BCUT2D eigenvalue weighted by molar-refractivity contribution is 9.08. The minimum Gasteiger partial charge on any atom is -0.450 e. The van der Waals surface area contributed by atoms with E-state index in [0.717, 1.165) is 11.6 Å². The normalized spacial score (nSPS) is 10.3. The van der Waals surface area contributed by atoms with Crippen molar-refractivity contribution in [2.45, 2.75) is 5.33 Å². The molecule has 0 unspecified atom stereocenters. The SMILES string of the molecule is O=[N+]([O-])c1cc(CBr)ccc1Oc1ccc(F)c(Cl)c1. The van der Waals surface area contributed by atoms with Crippen LogP contribution in [-0.4, -0.2) is 4.92 Å². The van der Waals surface area contributed by atoms with E-state index in [0.29, 0.717) is 5.33 Å². The lowest BCUT2D eigenvalue weighted by Crippen LogP contribution is -1.95. The van der Waals surface area contributed by atoms with E-state index in [4.69, 9.17) is 16.3 Å². The number of alkyl halides is 1. The van der Waals surface area contributed by atoms with Gasteiger partial charge < -0.3 is 4.74 Å². The zero-order chi connectivity index (χ0) is 14.7. The lowest BCUT2D eigenvalue weighted by Gasteiger charge is -2.07. The second-order valence-electron chi connectivity index (χ2n) is 3.87. The number of ether oxygens (including phenoxy) is 1. The van der Waals surface area contributed by atoms with Crippen molar-refractivity contribution in [1.29, 1.82) is 0 Å². The van der Waals surface area contributed by atoms with E-state index in [9.17, 15) is 14.5 Å². The van der Waals surface area contributed by atoms with Crippen LogP contribution in [0.5, 0.6) is 11.5 Å². The molecule has 20 heavy (non-hydrogen) atoms. The molecule has 0 saturated carbocycles. The van der Waals surface area contributed by atoms with Crippen LogP contribution in [0.2, 0.25) is 5.02 Å². The molecule has 2 aromatic rings. The van der Waals surface area contributed by atoms with Crippen molar-refractivity contribution in [3.05, 3.63) is 62.9 Å². The number of halogens is 3. The number of rotatable bonds is 4. The van der Waals surface area contributed by atoms with Crippen LogP contribution in [0.1, 0.15) is 5.56 Å². The quantitative estimate of drug-likeness (QED) is 0.434. The van der Waals surface area contributed by atoms with Crippen LogP contribution in [0.25, 0.3) is 0 Å². The number of nitro benzene ring substituents is 1. The molecule has 0 aliphatic rings. The summed E-state index contributed by atoms with van der Waals surface area (Å²) in [5.41, 5.74) is 0.587. The molecule has 4 nitrogen and oxygen atoms in total. The van der Waals surface area contributed by atoms with Crippen molar-refractivity contribution >= 4 is 33.2 Å². The van der Waals surface area contributed by atoms with Gasteiger partial charge in [-0.15, -0.1) is 0 Å². The van der Waals surface area contributed by atoms with Crippen molar-refractivity contribution in [3.8, 4) is 11.5 Å². The van der Waals surface area contributed by atoms with E-state index in [2.05, 4.69) is 15.9 Å². The summed E-state index contributed by atoms with van der Waals surface area (Å²) in [5.74, 6) is -0.281. The van der Waals surface area contributed by atoms with Crippen molar-refractivity contribution in [2.24, 2.45) is 0 Å². The van der Waals surface area contributed by atoms with Crippen LogP contribution in [0.4, 0.5) is 10.1 Å². The Balaban J connectivity index is 2.37. The lowest BCUT2D eigenvalue weighted by molar-refractivity contribution is -0.385. The van der Waals surface area contributed by atoms with Gasteiger partial charge in [-0.25, -0.2) is 4.39 Å². The summed E-state index contributed by atoms with van der Waals surface area (Å²) in [6, 6.07) is 8.35. The fourth-order valence-corrected chi connectivity index (χ4v) is 2.06. The van der Waals surface area contributed by atoms with Crippen LogP contribution >= 0.6 is 27.5 Å². The first-order valence-electron chi connectivity index (χ1n) is 5.47. The molecule has 0 atom stereocenters. The Morgan fingerprint density at radius 2 is 2.05 bits per heavy atom. The minimum absolute atomic E-state index is 0.0716. The molecule has 104 valence electrons. The van der Waals surface area contributed by atoms with Gasteiger partial charge >= 0.3 is 5.69 Å². The molecule has 2 rings (SSSR count). The molecule has 7 heteroatoms. The molecule has 0 fully saturated rings. The molecule has 0 bridgehead atoms. The van der Waals surface area contributed by atoms with Gasteiger partial charge in [0, 0.05) is 17.5 Å². The zero-order valence-corrected chi connectivity index (χ0v) is 12.3. The summed E-state index contributed by atoms with van der Waals surface area (Å²) < 4.78 is 18.4. The van der Waals surface area contributed by atoms with Gasteiger partial charge in [-0.3, -0.25) is 10.1 Å². The average molecular weight is 361 g/mol. The van der Waals surface area contributed by atoms with Crippen LogP contribution in [-0.2, 0) is 5.33 Å². The number of nitro groups is 1. The first-order valence-corrected chi connectivity index (χ1v) is 6.97. The van der Waals surface area contributed by atoms with E-state index in [-0.39, 0.29) is 22.2 Å². The second-order valence-corrected chi connectivity index (χ2v) is 4.84. The molecule has 0 aliphatic carbocycles. The molecule has 0 spiro atoms. The summed E-state index contributed by atoms with van der Waals surface area (Å²) in [7, 11) is 0. The first kappa shape index (κ1) is 14.7. The maximum atomic E-state index is 13.0. The standard InChI is InChI=1S/C13H8BrClFNO3/c14-7-8-1-4-13(12(5-8)17(18)19)20-9-2-3-11(16)10(15)6-9/h1-6H,7H2. The van der Waals surface area contributed by atoms with Crippen molar-refractivity contribution in [2.75, 3.05) is 0 Å². The van der Waals surface area contributed by atoms with Gasteiger partial charge in [0.2, 0.25) is 5.75 Å². The van der Waals surface area contributed by atoms with E-state index in [1.165, 1.54) is 24.3 Å². The molecule has 0 aliphatic heterocycles. The number of benzene rings is 2. The largest absolute Gasteiger partial charge is 0.450 e. The molecule has 0 N–H and O–H groups in total. The number of hydrogen-bond acceptors (Lipinski definition) is 3. The predicted molar refractivity (Wildman–Crippen MR) is 77.2 cm³/mol. The van der Waals surface area contributed by atoms with Gasteiger partial charge in [0.1, 0.15) is 11.6 Å². The molecule has 0 aromatic heterocycles. The fraction of sp³-hybridized carbons (Fsp3) is 0.0769. The smallest absolute Gasteiger partial charge is 0.311 e. The Morgan fingerprint density at radius 3 is 2.65 bits per heavy atom. The minimum atomic E-state index is -0.580. The van der Waals surface area contributed by atoms with E-state index < -0.39 is 10.7 Å². The Bertz CT molecular complexity index is 666. The summed E-state index contributed by atoms with van der Waals surface area (Å²) >= 11 is 8.86. The average Bonchev–Trinajstić information content (AvgIpc) is 2.43. The summed E-state index contributed by atoms with van der Waals surface area (Å²) in [6.45, 7) is 0. The van der Waals surface area contributed by atoms with Gasteiger partial charge in [0.25, 0.3) is 0 Å². The molecule has 0 radical (unpaired) electrons. The maximum absolute atomic E-state index is 13.0. The Kier molecular flexibility index (Phi) is 4.57. The third-order valence-electron chi connectivity index (χ3n) is 2.49. The highest BCUT2D eigenvalue weighted by Gasteiger charge is 2.17. The highest BCUT2D eigenvalue weighted by atomic mass is 79.9. The molecule has 0 saturated heterocycles. The van der Waals surface area contributed by atoms with Gasteiger partial charge in [-0.2, -0.15) is 0 Å². The lowest BCUT2D eigenvalue weighted by atomic mass is 10.2. The Labute approximate surface area is 127 Å². The van der Waals surface area contributed by atoms with Gasteiger partial charge in [0.05, 0.1) is 9.95 Å². The Hall–Kier alpha value is -1.66. The Morgan fingerprint density at radius 1 is 1.30 bits per heavy atom. The van der Waals surface area contributed by atoms with Crippen LogP contribution in [0, 0.1) is 15.9 Å². The molecule has 0 heterocycles. The van der Waals surface area contributed by atoms with E-state index in [1.807, 2.05) is 0 Å². The number of hydrogen-bond donors (Lipinski definition) is 0. The predicted octanol–water partition coefficient (Wildman–Crippen LogP) is 5.07. The van der Waals surface area contributed by atoms with Gasteiger partial charge in [-0.05, 0) is 23.8 Å². The summed E-state index contributed by atoms with van der Waals surface area (Å²) in [6.07, 6.45) is 0. The molecular weight excluding hydrogens is 353 g/mol. The van der Waals surface area contributed by atoms with Crippen molar-refractivity contribution in [3.63, 3.8) is 0 Å². The van der Waals surface area contributed by atoms with Crippen LogP contribution < -0.4 is 4.74 Å². The van der Waals surface area contributed by atoms with Crippen LogP contribution in [0.3, 0.4) is 0 Å². The topological polar surface area (TPSA) is 52.4 Å². The van der Waals surface area contributed by atoms with E-state index in [1.54, 1.807) is 6.07 Å². The second kappa shape index (κ2) is 6.19. The third kappa shape index (κ3) is 3.26. The maximum Gasteiger partial charge on any atom is 0.311 e. The molecular formula is C13H8BrClFNO3. The molecule has 0 amide bonds. The summed E-state index contributed by atoms with van der Waals surface area (Å²) in [5, 5.41) is 11.4. The van der Waals surface area contributed by atoms with E-state index >= 15 is 0 Å². The van der Waals surface area contributed by atoms with Gasteiger partial charge in [0.15, 0.2) is 0 Å². The fourth-order valence-electron chi connectivity index (χ4n) is 1.54. The monoisotopic (exact) mass is 359 g/mol. The zero-order valence-electron chi connectivity index (χ0n) is 9.98. The van der Waals surface area contributed by atoms with Crippen LogP contribution in [0.15, 0.2) is 36.4 Å². The summed E-state index contributed by atoms with van der Waals surface area (Å²) in [4.78, 5) is 10.5. The third-order valence-corrected chi connectivity index (χ3v) is 3.43. The van der Waals surface area contributed by atoms with Crippen molar-refractivity contribution in [1.82, 2.24) is 0 Å². The first-order chi connectivity index (χ1) is 9.51. The number of nitrogens with zero attached hydrogens (tertiary/aromatic N) is 1. The molecule has 2 aromatic carbocycles. The highest BCUT2D eigenvalue weighted by Crippen LogP contribution is 2.33.